The summed E-state index contributed by atoms with van der Waals surface area (Å²) in [6, 6.07) is 0. The maximum atomic E-state index is 13.0. The summed E-state index contributed by atoms with van der Waals surface area (Å²) in [6.07, 6.45) is -0.660. The zero-order valence-corrected chi connectivity index (χ0v) is 9.80. The van der Waals surface area contributed by atoms with Gasteiger partial charge < -0.3 is 14.9 Å². The van der Waals surface area contributed by atoms with E-state index in [9.17, 15) is 19.0 Å². The van der Waals surface area contributed by atoms with Crippen LogP contribution in [-0.2, 0) is 4.74 Å². The molecule has 0 spiro atoms. The van der Waals surface area contributed by atoms with Crippen molar-refractivity contribution in [3.8, 4) is 0 Å². The Morgan fingerprint density at radius 1 is 1.25 bits per heavy atom. The van der Waals surface area contributed by atoms with E-state index >= 15 is 0 Å². The summed E-state index contributed by atoms with van der Waals surface area (Å²) in [4.78, 5) is 0. The van der Waals surface area contributed by atoms with E-state index in [4.69, 9.17) is 4.74 Å². The molecule has 1 unspecified atom stereocenters. The zero-order valence-electron chi connectivity index (χ0n) is 9.80. The van der Waals surface area contributed by atoms with E-state index < -0.39 is 16.9 Å². The molecule has 1 fully saturated rings. The Labute approximate surface area is 94.4 Å². The Morgan fingerprint density at radius 2 is 1.75 bits per heavy atom. The SMILES string of the molecule is COCC(C)(CO)C1(O)CCC(F)(F)CC1. The maximum absolute atomic E-state index is 13.0. The van der Waals surface area contributed by atoms with Crippen molar-refractivity contribution in [2.45, 2.75) is 44.1 Å². The smallest absolute Gasteiger partial charge is 0.248 e. The second-order valence-corrected chi connectivity index (χ2v) is 5.04. The lowest BCUT2D eigenvalue weighted by Crippen LogP contribution is -2.54. The quantitative estimate of drug-likeness (QED) is 0.781. The summed E-state index contributed by atoms with van der Waals surface area (Å²) in [5.74, 6) is -2.68. The number of methoxy groups -OCH3 is 1. The lowest BCUT2D eigenvalue weighted by atomic mass is 9.66. The summed E-state index contributed by atoms with van der Waals surface area (Å²) >= 11 is 0. The summed E-state index contributed by atoms with van der Waals surface area (Å²) < 4.78 is 31.0. The van der Waals surface area contributed by atoms with E-state index in [0.717, 1.165) is 0 Å². The van der Waals surface area contributed by atoms with Gasteiger partial charge in [0.05, 0.1) is 18.8 Å². The summed E-state index contributed by atoms with van der Waals surface area (Å²) in [5, 5.41) is 19.7. The lowest BCUT2D eigenvalue weighted by molar-refractivity contribution is -0.180. The number of ether oxygens (including phenoxy) is 1. The molecule has 0 bridgehead atoms. The first-order valence-electron chi connectivity index (χ1n) is 5.49. The molecule has 0 saturated heterocycles. The average molecular weight is 238 g/mol. The molecule has 1 atom stereocenters. The minimum atomic E-state index is -2.68. The molecule has 0 heterocycles. The Balaban J connectivity index is 2.77. The summed E-state index contributed by atoms with van der Waals surface area (Å²) in [7, 11) is 1.47. The first-order chi connectivity index (χ1) is 7.29. The van der Waals surface area contributed by atoms with Crippen LogP contribution in [0.5, 0.6) is 0 Å². The van der Waals surface area contributed by atoms with Crippen LogP contribution in [0.25, 0.3) is 0 Å². The molecule has 0 aromatic carbocycles. The van der Waals surface area contributed by atoms with E-state index in [1.54, 1.807) is 6.92 Å². The first kappa shape index (κ1) is 13.8. The normalized spacial score (nSPS) is 27.4. The molecule has 0 aromatic rings. The van der Waals surface area contributed by atoms with Crippen LogP contribution in [0.2, 0.25) is 0 Å². The van der Waals surface area contributed by atoms with Crippen molar-refractivity contribution in [3.05, 3.63) is 0 Å². The van der Waals surface area contributed by atoms with Crippen molar-refractivity contribution >= 4 is 0 Å². The standard InChI is InChI=1S/C11H20F2O3/c1-9(7-14,8-16-2)10(15)3-5-11(12,13)6-4-10/h14-15H,3-8H2,1-2H3. The lowest BCUT2D eigenvalue weighted by Gasteiger charge is -2.47. The molecule has 1 saturated carbocycles. The van der Waals surface area contributed by atoms with Crippen molar-refractivity contribution in [2.24, 2.45) is 5.41 Å². The monoisotopic (exact) mass is 238 g/mol. The molecule has 5 heteroatoms. The van der Waals surface area contributed by atoms with Crippen LogP contribution >= 0.6 is 0 Å². The third-order valence-corrected chi connectivity index (χ3v) is 3.74. The second kappa shape index (κ2) is 4.55. The van der Waals surface area contributed by atoms with Crippen LogP contribution in [0.1, 0.15) is 32.6 Å². The highest BCUT2D eigenvalue weighted by Crippen LogP contribution is 2.46. The van der Waals surface area contributed by atoms with Gasteiger partial charge in [0.25, 0.3) is 0 Å². The van der Waals surface area contributed by atoms with Crippen LogP contribution < -0.4 is 0 Å². The van der Waals surface area contributed by atoms with Gasteiger partial charge in [-0.3, -0.25) is 0 Å². The molecule has 16 heavy (non-hydrogen) atoms. The van der Waals surface area contributed by atoms with Crippen molar-refractivity contribution < 1.29 is 23.7 Å². The molecule has 96 valence electrons. The van der Waals surface area contributed by atoms with Gasteiger partial charge in [-0.05, 0) is 12.8 Å². The number of rotatable bonds is 4. The molecule has 0 aromatic heterocycles. The fourth-order valence-electron chi connectivity index (χ4n) is 2.28. The van der Waals surface area contributed by atoms with Gasteiger partial charge in [-0.15, -0.1) is 0 Å². The van der Waals surface area contributed by atoms with Crippen molar-refractivity contribution in [2.75, 3.05) is 20.3 Å². The van der Waals surface area contributed by atoms with Crippen LogP contribution in [0.4, 0.5) is 8.78 Å². The largest absolute Gasteiger partial charge is 0.396 e. The zero-order chi connectivity index (χ0) is 12.4. The highest BCUT2D eigenvalue weighted by atomic mass is 19.3. The van der Waals surface area contributed by atoms with Crippen molar-refractivity contribution in [1.82, 2.24) is 0 Å². The minimum Gasteiger partial charge on any atom is -0.396 e. The number of hydrogen-bond acceptors (Lipinski definition) is 3. The predicted molar refractivity (Wildman–Crippen MR) is 55.4 cm³/mol. The minimum absolute atomic E-state index is 0.000417. The molecule has 0 aliphatic heterocycles. The van der Waals surface area contributed by atoms with Gasteiger partial charge in [0.15, 0.2) is 0 Å². The van der Waals surface area contributed by atoms with Crippen LogP contribution in [0.15, 0.2) is 0 Å². The maximum Gasteiger partial charge on any atom is 0.248 e. The van der Waals surface area contributed by atoms with E-state index in [2.05, 4.69) is 0 Å². The highest BCUT2D eigenvalue weighted by Gasteiger charge is 2.52. The average Bonchev–Trinajstić information content (AvgIpc) is 2.23. The first-order valence-corrected chi connectivity index (χ1v) is 5.49. The van der Waals surface area contributed by atoms with Gasteiger partial charge in [-0.25, -0.2) is 8.78 Å². The van der Waals surface area contributed by atoms with Crippen molar-refractivity contribution in [1.29, 1.82) is 0 Å². The number of halogens is 2. The Morgan fingerprint density at radius 3 is 2.12 bits per heavy atom. The number of alkyl halides is 2. The summed E-state index contributed by atoms with van der Waals surface area (Å²) in [5.41, 5.74) is -2.14. The molecule has 0 radical (unpaired) electrons. The van der Waals surface area contributed by atoms with Crippen LogP contribution in [-0.4, -0.2) is 42.1 Å². The fraction of sp³-hybridized carbons (Fsp3) is 1.00. The molecule has 3 nitrogen and oxygen atoms in total. The van der Waals surface area contributed by atoms with Gasteiger partial charge in [-0.1, -0.05) is 6.92 Å². The number of aliphatic hydroxyl groups is 2. The highest BCUT2D eigenvalue weighted by molar-refractivity contribution is 5.00. The van der Waals surface area contributed by atoms with Crippen LogP contribution in [0, 0.1) is 5.41 Å². The molecule has 0 amide bonds. The van der Waals surface area contributed by atoms with E-state index in [1.165, 1.54) is 7.11 Å². The second-order valence-electron chi connectivity index (χ2n) is 5.04. The van der Waals surface area contributed by atoms with Gasteiger partial charge in [-0.2, -0.15) is 0 Å². The van der Waals surface area contributed by atoms with Gasteiger partial charge in [0, 0.05) is 25.4 Å². The number of aliphatic hydroxyl groups excluding tert-OH is 1. The molecule has 1 aliphatic rings. The molecule has 1 aliphatic carbocycles. The molecular weight excluding hydrogens is 218 g/mol. The predicted octanol–water partition coefficient (Wildman–Crippen LogP) is 1.57. The number of hydrogen-bond donors (Lipinski definition) is 2. The molecule has 1 rings (SSSR count). The van der Waals surface area contributed by atoms with Gasteiger partial charge in [0.2, 0.25) is 5.92 Å². The van der Waals surface area contributed by atoms with Gasteiger partial charge in [0.1, 0.15) is 0 Å². The van der Waals surface area contributed by atoms with Crippen LogP contribution in [0.3, 0.4) is 0 Å². The Kier molecular flexibility index (Phi) is 3.92. The Hall–Kier alpha value is -0.260. The molecular formula is C11H20F2O3. The fourth-order valence-corrected chi connectivity index (χ4v) is 2.28. The van der Waals surface area contributed by atoms with Gasteiger partial charge >= 0.3 is 0 Å². The van der Waals surface area contributed by atoms with E-state index in [1.807, 2.05) is 0 Å². The topological polar surface area (TPSA) is 49.7 Å². The van der Waals surface area contributed by atoms with E-state index in [-0.39, 0.29) is 38.9 Å². The third-order valence-electron chi connectivity index (χ3n) is 3.74. The van der Waals surface area contributed by atoms with E-state index in [0.29, 0.717) is 0 Å². The molecule has 2 N–H and O–H groups in total. The van der Waals surface area contributed by atoms with Crippen molar-refractivity contribution in [3.63, 3.8) is 0 Å². The third kappa shape index (κ3) is 2.52. The Bertz CT molecular complexity index is 235. The summed E-state index contributed by atoms with van der Waals surface area (Å²) in [6.45, 7) is 1.55.